The van der Waals surface area contributed by atoms with Gasteiger partial charge in [-0.05, 0) is 44.0 Å². The van der Waals surface area contributed by atoms with Crippen molar-refractivity contribution in [3.63, 3.8) is 0 Å². The molecule has 0 unspecified atom stereocenters. The number of anilines is 1. The molecule has 0 heterocycles. The van der Waals surface area contributed by atoms with E-state index in [2.05, 4.69) is 10.6 Å². The Bertz CT molecular complexity index is 594. The van der Waals surface area contributed by atoms with Gasteiger partial charge in [-0.1, -0.05) is 25.7 Å². The molecule has 0 bridgehead atoms. The Kier molecular flexibility index (Phi) is 7.16. The van der Waals surface area contributed by atoms with E-state index in [-0.39, 0.29) is 5.57 Å². The number of ether oxygens (including phenoxy) is 1. The van der Waals surface area contributed by atoms with Crippen LogP contribution in [0.3, 0.4) is 0 Å². The fraction of sp³-hybridized carbons (Fsp3) is 0.474. The average molecular weight is 327 g/mol. The first-order valence-electron chi connectivity index (χ1n) is 8.63. The summed E-state index contributed by atoms with van der Waals surface area (Å²) in [6, 6.07) is 9.43. The van der Waals surface area contributed by atoms with Gasteiger partial charge in [-0.3, -0.25) is 4.79 Å². The number of nitriles is 1. The first kappa shape index (κ1) is 17.9. The lowest BCUT2D eigenvalue weighted by Gasteiger charge is -2.14. The monoisotopic (exact) mass is 327 g/mol. The molecular weight excluding hydrogens is 302 g/mol. The minimum Gasteiger partial charge on any atom is -0.494 e. The molecule has 0 aliphatic heterocycles. The van der Waals surface area contributed by atoms with Gasteiger partial charge in [0.15, 0.2) is 0 Å². The highest BCUT2D eigenvalue weighted by Gasteiger charge is 2.13. The normalized spacial score (nSPS) is 15.9. The van der Waals surface area contributed by atoms with Gasteiger partial charge in [-0.25, -0.2) is 0 Å². The fourth-order valence-corrected chi connectivity index (χ4v) is 2.80. The van der Waals surface area contributed by atoms with Crippen molar-refractivity contribution in [2.75, 3.05) is 11.9 Å². The lowest BCUT2D eigenvalue weighted by atomic mass is 10.1. The molecule has 1 aliphatic rings. The molecule has 1 aromatic carbocycles. The number of nitrogens with zero attached hydrogens (tertiary/aromatic N) is 1. The first-order valence-corrected chi connectivity index (χ1v) is 8.63. The second-order valence-corrected chi connectivity index (χ2v) is 5.94. The maximum absolute atomic E-state index is 12.2. The van der Waals surface area contributed by atoms with Crippen LogP contribution >= 0.6 is 0 Å². The van der Waals surface area contributed by atoms with Crippen molar-refractivity contribution >= 4 is 11.6 Å². The van der Waals surface area contributed by atoms with Crippen molar-refractivity contribution in [3.8, 4) is 11.8 Å². The Labute approximate surface area is 143 Å². The number of carbonyl (C=O) groups is 1. The minimum atomic E-state index is -0.400. The Hall–Kier alpha value is -2.48. The van der Waals surface area contributed by atoms with Gasteiger partial charge in [-0.15, -0.1) is 0 Å². The Balaban J connectivity index is 1.92. The topological polar surface area (TPSA) is 74.1 Å². The summed E-state index contributed by atoms with van der Waals surface area (Å²) in [5, 5.41) is 15.2. The van der Waals surface area contributed by atoms with Crippen LogP contribution in [0.25, 0.3) is 0 Å². The molecule has 24 heavy (non-hydrogen) atoms. The molecule has 1 amide bonds. The molecule has 5 heteroatoms. The molecule has 0 atom stereocenters. The Morgan fingerprint density at radius 1 is 1.25 bits per heavy atom. The number of nitrogens with one attached hydrogen (secondary N) is 2. The molecule has 1 aliphatic carbocycles. The number of carbonyl (C=O) groups excluding carboxylic acids is 1. The first-order chi connectivity index (χ1) is 11.7. The zero-order chi connectivity index (χ0) is 17.2. The zero-order valence-electron chi connectivity index (χ0n) is 14.2. The fourth-order valence-electron chi connectivity index (χ4n) is 2.80. The van der Waals surface area contributed by atoms with Crippen molar-refractivity contribution in [1.82, 2.24) is 5.32 Å². The van der Waals surface area contributed by atoms with Crippen LogP contribution in [-0.2, 0) is 4.79 Å². The third kappa shape index (κ3) is 5.62. The van der Waals surface area contributed by atoms with Crippen LogP contribution < -0.4 is 15.4 Å². The summed E-state index contributed by atoms with van der Waals surface area (Å²) >= 11 is 0. The van der Waals surface area contributed by atoms with Crippen molar-refractivity contribution in [2.24, 2.45) is 0 Å². The largest absolute Gasteiger partial charge is 0.494 e. The lowest BCUT2D eigenvalue weighted by molar-refractivity contribution is -0.112. The van der Waals surface area contributed by atoms with Crippen molar-refractivity contribution in [1.29, 1.82) is 5.26 Å². The molecule has 5 nitrogen and oxygen atoms in total. The smallest absolute Gasteiger partial charge is 0.267 e. The molecule has 1 aromatic rings. The van der Waals surface area contributed by atoms with Gasteiger partial charge in [0.1, 0.15) is 17.4 Å². The predicted octanol–water partition coefficient (Wildman–Crippen LogP) is 3.74. The summed E-state index contributed by atoms with van der Waals surface area (Å²) in [4.78, 5) is 12.2. The van der Waals surface area contributed by atoms with E-state index in [1.807, 2.05) is 13.0 Å². The van der Waals surface area contributed by atoms with E-state index >= 15 is 0 Å². The summed E-state index contributed by atoms with van der Waals surface area (Å²) < 4.78 is 5.36. The average Bonchev–Trinajstić information content (AvgIpc) is 2.86. The van der Waals surface area contributed by atoms with Crippen LogP contribution in [0, 0.1) is 11.3 Å². The van der Waals surface area contributed by atoms with Gasteiger partial charge in [-0.2, -0.15) is 5.26 Å². The van der Waals surface area contributed by atoms with Gasteiger partial charge >= 0.3 is 0 Å². The van der Waals surface area contributed by atoms with Gasteiger partial charge in [0.25, 0.3) is 5.91 Å². The van der Waals surface area contributed by atoms with Crippen molar-refractivity contribution in [3.05, 3.63) is 36.0 Å². The van der Waals surface area contributed by atoms with Gasteiger partial charge in [0.2, 0.25) is 0 Å². The highest BCUT2D eigenvalue weighted by atomic mass is 16.5. The standard InChI is InChI=1S/C19H25N3O2/c1-2-24-18-11-9-17(10-12-18)22-19(23)15(13-20)14-21-16-7-5-3-4-6-8-16/h9-12,14,16,21H,2-8H2,1H3,(H,22,23)/b15-14-. The maximum Gasteiger partial charge on any atom is 0.267 e. The van der Waals surface area contributed by atoms with Gasteiger partial charge in [0.05, 0.1) is 6.61 Å². The summed E-state index contributed by atoms with van der Waals surface area (Å²) in [6.45, 7) is 2.51. The van der Waals surface area contributed by atoms with Crippen LogP contribution in [-0.4, -0.2) is 18.6 Å². The Morgan fingerprint density at radius 2 is 1.92 bits per heavy atom. The van der Waals surface area contributed by atoms with Crippen molar-refractivity contribution < 1.29 is 9.53 Å². The number of hydrogen-bond donors (Lipinski definition) is 2. The number of hydrogen-bond acceptors (Lipinski definition) is 4. The second kappa shape index (κ2) is 9.61. The van der Waals surface area contributed by atoms with Crippen molar-refractivity contribution in [2.45, 2.75) is 51.5 Å². The molecule has 2 N–H and O–H groups in total. The summed E-state index contributed by atoms with van der Waals surface area (Å²) in [5.41, 5.74) is 0.729. The third-order valence-corrected chi connectivity index (χ3v) is 4.11. The van der Waals surface area contributed by atoms with Crippen LogP contribution in [0.1, 0.15) is 45.4 Å². The van der Waals surface area contributed by atoms with E-state index in [4.69, 9.17) is 4.74 Å². The molecule has 0 spiro atoms. The van der Waals surface area contributed by atoms with Gasteiger partial charge in [0, 0.05) is 17.9 Å². The molecular formula is C19H25N3O2. The van der Waals surface area contributed by atoms with Crippen LogP contribution in [0.15, 0.2) is 36.0 Å². The molecule has 0 aromatic heterocycles. The van der Waals surface area contributed by atoms with E-state index in [0.29, 0.717) is 18.3 Å². The quantitative estimate of drug-likeness (QED) is 0.474. The summed E-state index contributed by atoms with van der Waals surface area (Å²) in [5.74, 6) is 0.351. The highest BCUT2D eigenvalue weighted by molar-refractivity contribution is 6.06. The van der Waals surface area contributed by atoms with E-state index < -0.39 is 5.91 Å². The second-order valence-electron chi connectivity index (χ2n) is 5.94. The van der Waals surface area contributed by atoms with Gasteiger partial charge < -0.3 is 15.4 Å². The maximum atomic E-state index is 12.2. The third-order valence-electron chi connectivity index (χ3n) is 4.11. The molecule has 128 valence electrons. The molecule has 1 saturated carbocycles. The van der Waals surface area contributed by atoms with E-state index in [0.717, 1.165) is 18.6 Å². The predicted molar refractivity (Wildman–Crippen MR) is 94.6 cm³/mol. The minimum absolute atomic E-state index is 0.0909. The summed E-state index contributed by atoms with van der Waals surface area (Å²) in [7, 11) is 0. The van der Waals surface area contributed by atoms with E-state index in [1.165, 1.54) is 25.7 Å². The van der Waals surface area contributed by atoms with E-state index in [9.17, 15) is 10.1 Å². The Morgan fingerprint density at radius 3 is 2.50 bits per heavy atom. The zero-order valence-corrected chi connectivity index (χ0v) is 14.2. The lowest BCUT2D eigenvalue weighted by Crippen LogP contribution is -2.25. The molecule has 2 rings (SSSR count). The number of amides is 1. The number of benzene rings is 1. The van der Waals surface area contributed by atoms with Crippen LogP contribution in [0.4, 0.5) is 5.69 Å². The molecule has 0 saturated heterocycles. The van der Waals surface area contributed by atoms with Crippen LogP contribution in [0.5, 0.6) is 5.75 Å². The van der Waals surface area contributed by atoms with Crippen LogP contribution in [0.2, 0.25) is 0 Å². The molecule has 1 fully saturated rings. The number of rotatable bonds is 6. The molecule has 0 radical (unpaired) electrons. The van der Waals surface area contributed by atoms with E-state index in [1.54, 1.807) is 30.5 Å². The SMILES string of the molecule is CCOc1ccc(NC(=O)/C(C#N)=C\NC2CCCCCC2)cc1. The summed E-state index contributed by atoms with van der Waals surface area (Å²) in [6.07, 6.45) is 8.68. The highest BCUT2D eigenvalue weighted by Crippen LogP contribution is 2.18.